The van der Waals surface area contributed by atoms with Gasteiger partial charge in [-0.2, -0.15) is 0 Å². The molecule has 0 fully saturated rings. The van der Waals surface area contributed by atoms with Crippen LogP contribution in [0.15, 0.2) is 23.6 Å². The van der Waals surface area contributed by atoms with Gasteiger partial charge in [-0.15, -0.1) is 35.3 Å². The first-order chi connectivity index (χ1) is 8.91. The van der Waals surface area contributed by atoms with Gasteiger partial charge in [0.15, 0.2) is 0 Å². The summed E-state index contributed by atoms with van der Waals surface area (Å²) in [6.07, 6.45) is 0. The fourth-order valence-corrected chi connectivity index (χ4v) is 3.53. The highest BCUT2D eigenvalue weighted by Crippen LogP contribution is 2.29. The van der Waals surface area contributed by atoms with Gasteiger partial charge >= 0.3 is 0 Å². The van der Waals surface area contributed by atoms with Crippen LogP contribution in [-0.4, -0.2) is 22.9 Å². The Labute approximate surface area is 137 Å². The van der Waals surface area contributed by atoms with Crippen LogP contribution in [0, 0.1) is 6.92 Å². The van der Waals surface area contributed by atoms with Crippen molar-refractivity contribution in [1.82, 2.24) is 4.90 Å². The summed E-state index contributed by atoms with van der Waals surface area (Å²) in [7, 11) is 0. The van der Waals surface area contributed by atoms with Crippen LogP contribution in [-0.2, 0) is 6.54 Å². The highest BCUT2D eigenvalue weighted by molar-refractivity contribution is 7.17. The van der Waals surface area contributed by atoms with E-state index in [0.717, 1.165) is 13.1 Å². The van der Waals surface area contributed by atoms with Crippen molar-refractivity contribution in [3.8, 4) is 0 Å². The Bertz CT molecular complexity index is 557. The molecule has 0 aliphatic rings. The molecule has 0 aliphatic carbocycles. The Morgan fingerprint density at radius 2 is 1.95 bits per heavy atom. The Morgan fingerprint density at radius 3 is 2.55 bits per heavy atom. The molecule has 0 amide bonds. The standard InChI is InChI=1S/C16H22ClNS.ClH/c1-12-5-6-14-13(11-19-15(14)9-12)10-18(8-7-17)16(2,3)4;/h5-6,9,11H,7-8,10H2,1-4H3;1H. The van der Waals surface area contributed by atoms with Gasteiger partial charge < -0.3 is 0 Å². The van der Waals surface area contributed by atoms with E-state index in [1.165, 1.54) is 21.2 Å². The van der Waals surface area contributed by atoms with Crippen LogP contribution in [0.25, 0.3) is 10.1 Å². The Kier molecular flexibility index (Phi) is 6.33. The second-order valence-electron chi connectivity index (χ2n) is 6.04. The summed E-state index contributed by atoms with van der Waals surface area (Å²) in [5.74, 6) is 0.679. The number of thiophene rings is 1. The minimum absolute atomic E-state index is 0. The largest absolute Gasteiger partial charge is 0.293 e. The number of hydrogen-bond acceptors (Lipinski definition) is 2. The second-order valence-corrected chi connectivity index (χ2v) is 7.33. The second kappa shape index (κ2) is 7.13. The van der Waals surface area contributed by atoms with Crippen molar-refractivity contribution in [3.05, 3.63) is 34.7 Å². The number of benzene rings is 1. The minimum atomic E-state index is 0. The lowest BCUT2D eigenvalue weighted by Gasteiger charge is -2.35. The molecule has 0 saturated carbocycles. The van der Waals surface area contributed by atoms with E-state index in [0.29, 0.717) is 5.88 Å². The SMILES string of the molecule is Cc1ccc2c(CN(CCCl)C(C)(C)C)csc2c1.Cl. The van der Waals surface area contributed by atoms with Gasteiger partial charge in [0.25, 0.3) is 0 Å². The molecular weight excluding hydrogens is 309 g/mol. The summed E-state index contributed by atoms with van der Waals surface area (Å²) in [4.78, 5) is 2.45. The summed E-state index contributed by atoms with van der Waals surface area (Å²) in [6.45, 7) is 10.8. The molecule has 20 heavy (non-hydrogen) atoms. The van der Waals surface area contributed by atoms with Crippen LogP contribution in [0.4, 0.5) is 0 Å². The summed E-state index contributed by atoms with van der Waals surface area (Å²) in [5, 5.41) is 3.68. The topological polar surface area (TPSA) is 3.24 Å². The lowest BCUT2D eigenvalue weighted by Crippen LogP contribution is -2.41. The van der Waals surface area contributed by atoms with E-state index >= 15 is 0 Å². The van der Waals surface area contributed by atoms with Crippen molar-refractivity contribution in [2.75, 3.05) is 12.4 Å². The quantitative estimate of drug-likeness (QED) is 0.671. The van der Waals surface area contributed by atoms with E-state index in [1.807, 2.05) is 11.3 Å². The molecule has 0 bridgehead atoms. The molecule has 2 rings (SSSR count). The van der Waals surface area contributed by atoms with Crippen LogP contribution < -0.4 is 0 Å². The molecule has 1 heterocycles. The zero-order valence-electron chi connectivity index (χ0n) is 12.6. The molecule has 0 spiro atoms. The summed E-state index contributed by atoms with van der Waals surface area (Å²) in [6, 6.07) is 6.71. The maximum Gasteiger partial charge on any atom is 0.0351 e. The predicted octanol–water partition coefficient (Wildman–Crippen LogP) is 5.47. The number of hydrogen-bond donors (Lipinski definition) is 0. The fraction of sp³-hybridized carbons (Fsp3) is 0.500. The van der Waals surface area contributed by atoms with Crippen LogP contribution >= 0.6 is 35.3 Å². The first-order valence-corrected chi connectivity index (χ1v) is 8.11. The average Bonchev–Trinajstić information content (AvgIpc) is 2.70. The number of aryl methyl sites for hydroxylation is 1. The third kappa shape index (κ3) is 4.11. The van der Waals surface area contributed by atoms with E-state index in [1.54, 1.807) is 0 Å². The predicted molar refractivity (Wildman–Crippen MR) is 94.7 cm³/mol. The van der Waals surface area contributed by atoms with E-state index in [4.69, 9.17) is 11.6 Å². The van der Waals surface area contributed by atoms with E-state index in [2.05, 4.69) is 56.2 Å². The third-order valence-electron chi connectivity index (χ3n) is 3.48. The summed E-state index contributed by atoms with van der Waals surface area (Å²) >= 11 is 7.78. The molecule has 0 radical (unpaired) electrons. The molecule has 1 aromatic heterocycles. The van der Waals surface area contributed by atoms with E-state index in [9.17, 15) is 0 Å². The molecule has 0 unspecified atom stereocenters. The lowest BCUT2D eigenvalue weighted by molar-refractivity contribution is 0.138. The van der Waals surface area contributed by atoms with Crippen LogP contribution in [0.1, 0.15) is 31.9 Å². The normalized spacial score (nSPS) is 11.9. The van der Waals surface area contributed by atoms with Gasteiger partial charge in [-0.25, -0.2) is 0 Å². The van der Waals surface area contributed by atoms with Crippen LogP contribution in [0.3, 0.4) is 0 Å². The first-order valence-electron chi connectivity index (χ1n) is 6.69. The molecular formula is C16H23Cl2NS. The summed E-state index contributed by atoms with van der Waals surface area (Å²) in [5.41, 5.74) is 2.89. The van der Waals surface area contributed by atoms with E-state index < -0.39 is 0 Å². The van der Waals surface area contributed by atoms with Gasteiger partial charge in [0.1, 0.15) is 0 Å². The highest BCUT2D eigenvalue weighted by atomic mass is 35.5. The van der Waals surface area contributed by atoms with E-state index in [-0.39, 0.29) is 17.9 Å². The van der Waals surface area contributed by atoms with Gasteiger partial charge in [0.2, 0.25) is 0 Å². The van der Waals surface area contributed by atoms with Gasteiger partial charge in [0, 0.05) is 29.2 Å². The molecule has 0 saturated heterocycles. The number of halogens is 2. The Balaban J connectivity index is 0.00000200. The molecule has 0 atom stereocenters. The van der Waals surface area contributed by atoms with Crippen molar-refractivity contribution in [3.63, 3.8) is 0 Å². The lowest BCUT2D eigenvalue weighted by atomic mass is 10.0. The Hall–Kier alpha value is -0.280. The minimum Gasteiger partial charge on any atom is -0.293 e. The van der Waals surface area contributed by atoms with Gasteiger partial charge in [-0.05, 0) is 55.7 Å². The molecule has 0 aliphatic heterocycles. The highest BCUT2D eigenvalue weighted by Gasteiger charge is 2.21. The maximum atomic E-state index is 5.94. The van der Waals surface area contributed by atoms with Crippen molar-refractivity contribution in [2.45, 2.75) is 39.8 Å². The molecule has 1 aromatic carbocycles. The average molecular weight is 332 g/mol. The number of fused-ring (bicyclic) bond motifs is 1. The van der Waals surface area contributed by atoms with Gasteiger partial charge in [-0.1, -0.05) is 12.1 Å². The van der Waals surface area contributed by atoms with Crippen molar-refractivity contribution < 1.29 is 0 Å². The number of alkyl halides is 1. The fourth-order valence-electron chi connectivity index (χ4n) is 2.27. The van der Waals surface area contributed by atoms with Crippen molar-refractivity contribution in [1.29, 1.82) is 0 Å². The zero-order valence-corrected chi connectivity index (χ0v) is 15.0. The van der Waals surface area contributed by atoms with Crippen molar-refractivity contribution in [2.24, 2.45) is 0 Å². The Morgan fingerprint density at radius 1 is 1.25 bits per heavy atom. The smallest absolute Gasteiger partial charge is 0.0351 e. The maximum absolute atomic E-state index is 5.94. The monoisotopic (exact) mass is 331 g/mol. The van der Waals surface area contributed by atoms with Crippen LogP contribution in [0.5, 0.6) is 0 Å². The third-order valence-corrected chi connectivity index (χ3v) is 4.64. The summed E-state index contributed by atoms with van der Waals surface area (Å²) < 4.78 is 1.38. The van der Waals surface area contributed by atoms with Crippen LogP contribution in [0.2, 0.25) is 0 Å². The molecule has 4 heteroatoms. The first kappa shape index (κ1) is 17.8. The molecule has 0 N–H and O–H groups in total. The molecule has 1 nitrogen and oxygen atoms in total. The molecule has 112 valence electrons. The molecule has 2 aromatic rings. The van der Waals surface area contributed by atoms with Gasteiger partial charge in [-0.3, -0.25) is 4.90 Å². The number of nitrogens with zero attached hydrogens (tertiary/aromatic N) is 1. The van der Waals surface area contributed by atoms with Gasteiger partial charge in [0.05, 0.1) is 0 Å². The van der Waals surface area contributed by atoms with Crippen molar-refractivity contribution >= 4 is 45.4 Å². The number of rotatable bonds is 4. The zero-order chi connectivity index (χ0) is 14.0.